The van der Waals surface area contributed by atoms with E-state index in [9.17, 15) is 19.2 Å². The van der Waals surface area contributed by atoms with Gasteiger partial charge in [0.05, 0.1) is 22.3 Å². The van der Waals surface area contributed by atoms with Gasteiger partial charge in [0.25, 0.3) is 0 Å². The molecule has 0 saturated heterocycles. The van der Waals surface area contributed by atoms with Gasteiger partial charge in [-0.2, -0.15) is 0 Å². The fraction of sp³-hybridized carbons (Fsp3) is 0.286. The molecule has 0 bridgehead atoms. The first-order chi connectivity index (χ1) is 11.3. The number of hydrogen-bond acceptors (Lipinski definition) is 7. The molecule has 1 aromatic carbocycles. The molecule has 130 valence electrons. The van der Waals surface area contributed by atoms with E-state index in [2.05, 4.69) is 15.9 Å². The van der Waals surface area contributed by atoms with E-state index in [1.54, 1.807) is 0 Å². The van der Waals surface area contributed by atoms with Crippen LogP contribution in [-0.2, 0) is 4.84 Å². The molecule has 0 saturated carbocycles. The maximum atomic E-state index is 11.9. The molecule has 0 heterocycles. The molecule has 10 heteroatoms. The average molecular weight is 340 g/mol. The van der Waals surface area contributed by atoms with Gasteiger partial charge in [0, 0.05) is 6.54 Å². The second-order valence-corrected chi connectivity index (χ2v) is 4.63. The highest BCUT2D eigenvalue weighted by Crippen LogP contribution is 2.19. The Labute approximate surface area is 136 Å². The predicted molar refractivity (Wildman–Crippen MR) is 78.8 cm³/mol. The van der Waals surface area contributed by atoms with Crippen LogP contribution in [-0.4, -0.2) is 45.7 Å². The van der Waals surface area contributed by atoms with E-state index in [1.807, 2.05) is 6.92 Å². The number of carboxylic acid groups (broad SMARTS) is 3. The zero-order valence-electron chi connectivity index (χ0n) is 12.7. The number of unbranched alkanes of at least 4 members (excludes halogenated alkanes) is 1. The maximum absolute atomic E-state index is 11.9. The Hall–Kier alpha value is -2.98. The Kier molecular flexibility index (Phi) is 6.83. The number of carbonyl (C=O) groups excluding carboxylic acids is 1. The van der Waals surface area contributed by atoms with Crippen molar-refractivity contribution in [3.8, 4) is 0 Å². The third kappa shape index (κ3) is 4.76. The second-order valence-electron chi connectivity index (χ2n) is 4.63. The van der Waals surface area contributed by atoms with E-state index in [-0.39, 0.29) is 0 Å². The first kappa shape index (κ1) is 19.1. The summed E-state index contributed by atoms with van der Waals surface area (Å²) in [6, 6.07) is 1.26. The molecule has 0 aliphatic carbocycles. The van der Waals surface area contributed by atoms with Crippen LogP contribution in [0.25, 0.3) is 0 Å². The summed E-state index contributed by atoms with van der Waals surface area (Å²) in [5, 5.41) is 27.1. The molecular weight excluding hydrogens is 324 g/mol. The van der Waals surface area contributed by atoms with Gasteiger partial charge in [-0.15, -0.1) is 0 Å². The lowest BCUT2D eigenvalue weighted by Crippen LogP contribution is -2.35. The van der Waals surface area contributed by atoms with E-state index < -0.39 is 46.1 Å². The minimum atomic E-state index is -1.63. The van der Waals surface area contributed by atoms with Crippen LogP contribution in [0.2, 0.25) is 0 Å². The first-order valence-electron chi connectivity index (χ1n) is 6.86. The van der Waals surface area contributed by atoms with Crippen LogP contribution in [0.4, 0.5) is 0 Å². The quantitative estimate of drug-likeness (QED) is 0.320. The molecule has 5 N–H and O–H groups in total. The molecule has 0 unspecified atom stereocenters. The zero-order valence-corrected chi connectivity index (χ0v) is 12.7. The van der Waals surface area contributed by atoms with Crippen molar-refractivity contribution >= 4 is 23.9 Å². The number of carboxylic acids is 3. The summed E-state index contributed by atoms with van der Waals surface area (Å²) >= 11 is 0. The molecule has 0 aromatic heterocycles. The molecule has 0 spiro atoms. The van der Waals surface area contributed by atoms with Crippen molar-refractivity contribution in [1.29, 1.82) is 0 Å². The van der Waals surface area contributed by atoms with Gasteiger partial charge in [-0.05, 0) is 18.6 Å². The molecule has 24 heavy (non-hydrogen) atoms. The van der Waals surface area contributed by atoms with E-state index in [4.69, 9.17) is 15.3 Å². The van der Waals surface area contributed by atoms with Crippen molar-refractivity contribution in [2.75, 3.05) is 6.54 Å². The molecule has 0 radical (unpaired) electrons. The minimum Gasteiger partial charge on any atom is -0.478 e. The Morgan fingerprint density at radius 3 is 1.83 bits per heavy atom. The monoisotopic (exact) mass is 340 g/mol. The Morgan fingerprint density at radius 1 is 0.917 bits per heavy atom. The van der Waals surface area contributed by atoms with Crippen molar-refractivity contribution in [2.24, 2.45) is 0 Å². The summed E-state index contributed by atoms with van der Waals surface area (Å²) < 4.78 is 0. The van der Waals surface area contributed by atoms with Gasteiger partial charge in [0.1, 0.15) is 0 Å². The van der Waals surface area contributed by atoms with E-state index in [0.717, 1.165) is 12.8 Å². The first-order valence-corrected chi connectivity index (χ1v) is 6.86. The molecule has 0 aliphatic rings. The van der Waals surface area contributed by atoms with Crippen molar-refractivity contribution in [3.63, 3.8) is 0 Å². The Bertz CT molecular complexity index is 671. The van der Waals surface area contributed by atoms with Crippen LogP contribution in [0.5, 0.6) is 0 Å². The van der Waals surface area contributed by atoms with Crippen molar-refractivity contribution in [3.05, 3.63) is 34.4 Å². The lowest BCUT2D eigenvalue weighted by atomic mass is 9.98. The number of nitrogens with one attached hydrogen (secondary N) is 2. The van der Waals surface area contributed by atoms with Gasteiger partial charge in [0.2, 0.25) is 0 Å². The Morgan fingerprint density at radius 2 is 1.38 bits per heavy atom. The van der Waals surface area contributed by atoms with Crippen LogP contribution in [0.1, 0.15) is 61.2 Å². The summed E-state index contributed by atoms with van der Waals surface area (Å²) in [5.74, 6) is -6.02. The van der Waals surface area contributed by atoms with Crippen LogP contribution in [0.3, 0.4) is 0 Å². The van der Waals surface area contributed by atoms with Crippen molar-refractivity contribution in [1.82, 2.24) is 11.0 Å². The van der Waals surface area contributed by atoms with Crippen LogP contribution >= 0.6 is 0 Å². The van der Waals surface area contributed by atoms with Gasteiger partial charge >= 0.3 is 23.9 Å². The fourth-order valence-corrected chi connectivity index (χ4v) is 1.75. The summed E-state index contributed by atoms with van der Waals surface area (Å²) in [6.45, 7) is 2.43. The van der Waals surface area contributed by atoms with Crippen molar-refractivity contribution in [2.45, 2.75) is 19.8 Å². The van der Waals surface area contributed by atoms with E-state index >= 15 is 0 Å². The van der Waals surface area contributed by atoms with Crippen LogP contribution in [0, 0.1) is 0 Å². The third-order valence-corrected chi connectivity index (χ3v) is 2.94. The number of aromatic carboxylic acids is 3. The van der Waals surface area contributed by atoms with Crippen molar-refractivity contribution < 1.29 is 39.3 Å². The van der Waals surface area contributed by atoms with E-state index in [1.165, 1.54) is 0 Å². The largest absolute Gasteiger partial charge is 0.478 e. The second kappa shape index (κ2) is 8.60. The molecule has 10 nitrogen and oxygen atoms in total. The normalized spacial score (nSPS) is 10.2. The maximum Gasteiger partial charge on any atom is 0.358 e. The average Bonchev–Trinajstić information content (AvgIpc) is 2.52. The Balaban J connectivity index is 3.13. The topological polar surface area (TPSA) is 162 Å². The lowest BCUT2D eigenvalue weighted by molar-refractivity contribution is 0.0127. The molecule has 1 aromatic rings. The molecule has 1 rings (SSSR count). The standard InChI is InChI=1S/C14H16N2O8/c1-2-3-4-15-16-24-14(23)10-6-8(12(19)20)7(11(17)18)5-9(10)13(21)22/h5-6,15-16H,2-4H2,1H3,(H,17,18)(H,19,20)(H,21,22). The highest BCUT2D eigenvalue weighted by molar-refractivity contribution is 6.09. The molecular formula is C14H16N2O8. The lowest BCUT2D eigenvalue weighted by Gasteiger charge is -2.11. The van der Waals surface area contributed by atoms with Crippen LogP contribution < -0.4 is 11.0 Å². The van der Waals surface area contributed by atoms with Gasteiger partial charge in [0.15, 0.2) is 0 Å². The molecule has 0 amide bonds. The van der Waals surface area contributed by atoms with Gasteiger partial charge in [-0.3, -0.25) is 0 Å². The summed E-state index contributed by atoms with van der Waals surface area (Å²) in [6.07, 6.45) is 1.69. The number of hydrogen-bond donors (Lipinski definition) is 5. The van der Waals surface area contributed by atoms with Gasteiger partial charge in [-0.1, -0.05) is 18.9 Å². The highest BCUT2D eigenvalue weighted by atomic mass is 16.7. The summed E-state index contributed by atoms with van der Waals surface area (Å²) in [4.78, 5) is 49.9. The number of rotatable bonds is 9. The highest BCUT2D eigenvalue weighted by Gasteiger charge is 2.26. The molecule has 0 aliphatic heterocycles. The predicted octanol–water partition coefficient (Wildman–Crippen LogP) is 0.747. The summed E-state index contributed by atoms with van der Waals surface area (Å²) in [5.41, 5.74) is 1.93. The molecule has 0 fully saturated rings. The molecule has 0 atom stereocenters. The van der Waals surface area contributed by atoms with Crippen LogP contribution in [0.15, 0.2) is 12.1 Å². The van der Waals surface area contributed by atoms with E-state index in [0.29, 0.717) is 18.7 Å². The fourth-order valence-electron chi connectivity index (χ4n) is 1.75. The number of benzene rings is 1. The smallest absolute Gasteiger partial charge is 0.358 e. The van der Waals surface area contributed by atoms with Gasteiger partial charge in [-0.25, -0.2) is 24.6 Å². The van der Waals surface area contributed by atoms with Gasteiger partial charge < -0.3 is 20.2 Å². The SMILES string of the molecule is CCCCNNOC(=O)c1cc(C(=O)O)c(C(=O)O)cc1C(=O)O. The minimum absolute atomic E-state index is 0.480. The summed E-state index contributed by atoms with van der Waals surface area (Å²) in [7, 11) is 0. The number of hydrazine groups is 1. The zero-order chi connectivity index (χ0) is 18.3. The number of carbonyl (C=O) groups is 4. The third-order valence-electron chi connectivity index (χ3n) is 2.94.